The van der Waals surface area contributed by atoms with E-state index in [4.69, 9.17) is 9.47 Å². The van der Waals surface area contributed by atoms with Crippen LogP contribution in [0.4, 0.5) is 0 Å². The van der Waals surface area contributed by atoms with Gasteiger partial charge in [-0.25, -0.2) is 4.98 Å². The van der Waals surface area contributed by atoms with Crippen molar-refractivity contribution in [2.75, 3.05) is 34.0 Å². The van der Waals surface area contributed by atoms with Crippen molar-refractivity contribution in [2.45, 2.75) is 6.54 Å². The largest absolute Gasteiger partial charge is 0.382 e. The Kier molecular flexibility index (Phi) is 5.46. The van der Waals surface area contributed by atoms with Crippen LogP contribution in [0.5, 0.6) is 0 Å². The van der Waals surface area contributed by atoms with Crippen LogP contribution in [0.25, 0.3) is 10.2 Å². The molecule has 0 aliphatic heterocycles. The molecular weight excluding hydrogens is 276 g/mol. The number of benzene rings is 1. The lowest BCUT2D eigenvalue weighted by molar-refractivity contribution is -0.135. The molecule has 0 atom stereocenters. The fourth-order valence-electron chi connectivity index (χ4n) is 1.69. The number of ether oxygens (including phenoxy) is 2. The fourth-order valence-corrected chi connectivity index (χ4v) is 2.71. The molecule has 0 fully saturated rings. The number of hydrogen-bond donors (Lipinski definition) is 0. The van der Waals surface area contributed by atoms with Gasteiger partial charge in [0.2, 0.25) is 5.91 Å². The molecule has 0 saturated carbocycles. The van der Waals surface area contributed by atoms with E-state index in [1.165, 1.54) is 0 Å². The van der Waals surface area contributed by atoms with E-state index in [1.54, 1.807) is 30.4 Å². The van der Waals surface area contributed by atoms with Crippen LogP contribution in [-0.2, 0) is 20.8 Å². The molecule has 2 rings (SSSR count). The van der Waals surface area contributed by atoms with Crippen molar-refractivity contribution in [3.63, 3.8) is 0 Å². The summed E-state index contributed by atoms with van der Waals surface area (Å²) >= 11 is 1.61. The summed E-state index contributed by atoms with van der Waals surface area (Å²) in [6.45, 7) is 1.50. The van der Waals surface area contributed by atoms with Crippen molar-refractivity contribution in [3.8, 4) is 0 Å². The maximum atomic E-state index is 11.9. The van der Waals surface area contributed by atoms with E-state index in [9.17, 15) is 4.79 Å². The SMILES string of the molecule is COCCOCC(=O)N(C)Cc1nc2ccccc2s1. The second-order valence-electron chi connectivity index (χ2n) is 4.37. The van der Waals surface area contributed by atoms with Gasteiger partial charge in [-0.3, -0.25) is 4.79 Å². The Labute approximate surface area is 122 Å². The minimum absolute atomic E-state index is 0.0552. The summed E-state index contributed by atoms with van der Waals surface area (Å²) in [5.41, 5.74) is 0.977. The minimum Gasteiger partial charge on any atom is -0.382 e. The average Bonchev–Trinajstić information content (AvgIpc) is 2.85. The number of fused-ring (bicyclic) bond motifs is 1. The van der Waals surface area contributed by atoms with E-state index in [0.717, 1.165) is 15.2 Å². The zero-order chi connectivity index (χ0) is 14.4. The molecule has 1 heterocycles. The van der Waals surface area contributed by atoms with Crippen molar-refractivity contribution < 1.29 is 14.3 Å². The molecule has 1 amide bonds. The molecule has 0 N–H and O–H groups in total. The molecule has 0 spiro atoms. The molecule has 0 aliphatic carbocycles. The highest BCUT2D eigenvalue weighted by Gasteiger charge is 2.12. The van der Waals surface area contributed by atoms with Gasteiger partial charge in [0.1, 0.15) is 11.6 Å². The zero-order valence-corrected chi connectivity index (χ0v) is 12.5. The molecule has 0 radical (unpaired) electrons. The number of rotatable bonds is 7. The molecule has 0 bridgehead atoms. The van der Waals surface area contributed by atoms with Gasteiger partial charge in [0.15, 0.2) is 0 Å². The molecular formula is C14H18N2O3S. The number of carbonyl (C=O) groups is 1. The normalized spacial score (nSPS) is 10.9. The summed E-state index contributed by atoms with van der Waals surface area (Å²) in [5.74, 6) is -0.0552. The first-order valence-corrected chi connectivity index (χ1v) is 7.17. The number of nitrogens with zero attached hydrogens (tertiary/aromatic N) is 2. The summed E-state index contributed by atoms with van der Waals surface area (Å²) in [6, 6.07) is 7.96. The van der Waals surface area contributed by atoms with Gasteiger partial charge in [-0.05, 0) is 12.1 Å². The van der Waals surface area contributed by atoms with Crippen LogP contribution < -0.4 is 0 Å². The highest BCUT2D eigenvalue weighted by molar-refractivity contribution is 7.18. The Balaban J connectivity index is 1.86. The standard InChI is InChI=1S/C14H18N2O3S/c1-16(14(17)10-19-8-7-18-2)9-13-15-11-5-3-4-6-12(11)20-13/h3-6H,7-10H2,1-2H3. The van der Waals surface area contributed by atoms with E-state index in [1.807, 2.05) is 24.3 Å². The zero-order valence-electron chi connectivity index (χ0n) is 11.7. The lowest BCUT2D eigenvalue weighted by atomic mass is 10.3. The van der Waals surface area contributed by atoms with Crippen LogP contribution >= 0.6 is 11.3 Å². The van der Waals surface area contributed by atoms with Crippen LogP contribution in [0.3, 0.4) is 0 Å². The lowest BCUT2D eigenvalue weighted by Crippen LogP contribution is -2.30. The first kappa shape index (κ1) is 14.9. The van der Waals surface area contributed by atoms with Crippen molar-refractivity contribution in [2.24, 2.45) is 0 Å². The number of hydrogen-bond acceptors (Lipinski definition) is 5. The van der Waals surface area contributed by atoms with Crippen LogP contribution in [0, 0.1) is 0 Å². The Morgan fingerprint density at radius 1 is 1.35 bits per heavy atom. The van der Waals surface area contributed by atoms with Gasteiger partial charge in [0.25, 0.3) is 0 Å². The third kappa shape index (κ3) is 4.00. The maximum Gasteiger partial charge on any atom is 0.248 e. The monoisotopic (exact) mass is 294 g/mol. The summed E-state index contributed by atoms with van der Waals surface area (Å²) in [5, 5.41) is 0.930. The summed E-state index contributed by atoms with van der Waals surface area (Å²) in [6.07, 6.45) is 0. The number of amides is 1. The number of methoxy groups -OCH3 is 1. The average molecular weight is 294 g/mol. The molecule has 6 heteroatoms. The molecule has 20 heavy (non-hydrogen) atoms. The smallest absolute Gasteiger partial charge is 0.248 e. The predicted octanol–water partition coefficient (Wildman–Crippen LogP) is 1.92. The molecule has 0 aliphatic rings. The Bertz CT molecular complexity index is 537. The lowest BCUT2D eigenvalue weighted by Gasteiger charge is -2.15. The topological polar surface area (TPSA) is 51.7 Å². The van der Waals surface area contributed by atoms with E-state index in [0.29, 0.717) is 19.8 Å². The summed E-state index contributed by atoms with van der Waals surface area (Å²) < 4.78 is 11.2. The molecule has 108 valence electrons. The highest BCUT2D eigenvalue weighted by atomic mass is 32.1. The Morgan fingerprint density at radius 3 is 2.90 bits per heavy atom. The molecule has 2 aromatic rings. The van der Waals surface area contributed by atoms with Gasteiger partial charge in [0.05, 0.1) is 30.0 Å². The van der Waals surface area contributed by atoms with Gasteiger partial charge >= 0.3 is 0 Å². The molecule has 0 unspecified atom stereocenters. The van der Waals surface area contributed by atoms with Crippen LogP contribution in [0.2, 0.25) is 0 Å². The van der Waals surface area contributed by atoms with E-state index in [2.05, 4.69) is 4.98 Å². The molecule has 0 saturated heterocycles. The van der Waals surface area contributed by atoms with Crippen LogP contribution in [-0.4, -0.2) is 49.8 Å². The molecule has 1 aromatic carbocycles. The third-order valence-corrected chi connectivity index (χ3v) is 3.81. The van der Waals surface area contributed by atoms with Gasteiger partial charge in [-0.15, -0.1) is 11.3 Å². The van der Waals surface area contributed by atoms with Gasteiger partial charge in [-0.1, -0.05) is 12.1 Å². The van der Waals surface area contributed by atoms with Crippen LogP contribution in [0.1, 0.15) is 5.01 Å². The van der Waals surface area contributed by atoms with Gasteiger partial charge in [0, 0.05) is 14.2 Å². The fraction of sp³-hybridized carbons (Fsp3) is 0.429. The van der Waals surface area contributed by atoms with Gasteiger partial charge < -0.3 is 14.4 Å². The van der Waals surface area contributed by atoms with E-state index in [-0.39, 0.29) is 12.5 Å². The number of carbonyl (C=O) groups excluding carboxylic acids is 1. The second-order valence-corrected chi connectivity index (χ2v) is 5.49. The first-order valence-electron chi connectivity index (χ1n) is 6.36. The van der Waals surface area contributed by atoms with Gasteiger partial charge in [-0.2, -0.15) is 0 Å². The van der Waals surface area contributed by atoms with Crippen molar-refractivity contribution in [3.05, 3.63) is 29.3 Å². The maximum absolute atomic E-state index is 11.9. The number of aromatic nitrogens is 1. The second kappa shape index (κ2) is 7.33. The number of thiazole rings is 1. The van der Waals surface area contributed by atoms with Crippen molar-refractivity contribution in [1.29, 1.82) is 0 Å². The minimum atomic E-state index is -0.0552. The molecule has 1 aromatic heterocycles. The number of para-hydroxylation sites is 1. The van der Waals surface area contributed by atoms with E-state index >= 15 is 0 Å². The van der Waals surface area contributed by atoms with Crippen LogP contribution in [0.15, 0.2) is 24.3 Å². The Morgan fingerprint density at radius 2 is 2.15 bits per heavy atom. The predicted molar refractivity (Wildman–Crippen MR) is 78.8 cm³/mol. The van der Waals surface area contributed by atoms with Crippen molar-refractivity contribution >= 4 is 27.5 Å². The summed E-state index contributed by atoms with van der Waals surface area (Å²) in [7, 11) is 3.36. The number of likely N-dealkylation sites (N-methyl/N-ethyl adjacent to an activating group) is 1. The van der Waals surface area contributed by atoms with E-state index < -0.39 is 0 Å². The molecule has 5 nitrogen and oxygen atoms in total. The Hall–Kier alpha value is -1.50. The van der Waals surface area contributed by atoms with Crippen molar-refractivity contribution in [1.82, 2.24) is 9.88 Å². The third-order valence-electron chi connectivity index (χ3n) is 2.79. The highest BCUT2D eigenvalue weighted by Crippen LogP contribution is 2.22. The summed E-state index contributed by atoms with van der Waals surface area (Å²) in [4.78, 5) is 18.0. The quantitative estimate of drug-likeness (QED) is 0.732. The first-order chi connectivity index (χ1) is 9.70.